The van der Waals surface area contributed by atoms with Crippen LogP contribution in [0.15, 0.2) is 30.3 Å². The van der Waals surface area contributed by atoms with Crippen molar-refractivity contribution in [3.8, 4) is 0 Å². The lowest BCUT2D eigenvalue weighted by Crippen LogP contribution is -2.49. The van der Waals surface area contributed by atoms with Crippen molar-refractivity contribution in [3.05, 3.63) is 35.9 Å². The highest BCUT2D eigenvalue weighted by molar-refractivity contribution is 5.80. The van der Waals surface area contributed by atoms with Gasteiger partial charge in [0.25, 0.3) is 5.91 Å². The molecule has 2 rings (SSSR count). The average molecular weight is 262 g/mol. The fourth-order valence-electron chi connectivity index (χ4n) is 2.58. The lowest BCUT2D eigenvalue weighted by molar-refractivity contribution is -0.176. The second-order valence-electron chi connectivity index (χ2n) is 4.99. The van der Waals surface area contributed by atoms with Crippen LogP contribution in [0.2, 0.25) is 0 Å². The fraction of sp³-hybridized carbons (Fsp3) is 0.533. The summed E-state index contributed by atoms with van der Waals surface area (Å²) >= 11 is 0. The zero-order chi connectivity index (χ0) is 13.7. The Morgan fingerprint density at radius 1 is 1.37 bits per heavy atom. The summed E-state index contributed by atoms with van der Waals surface area (Å²) in [6.07, 6.45) is 3.19. The number of likely N-dealkylation sites (N-methyl/N-ethyl adjacent to an activating group) is 1. The van der Waals surface area contributed by atoms with Crippen molar-refractivity contribution in [3.63, 3.8) is 0 Å². The van der Waals surface area contributed by atoms with Crippen LogP contribution >= 0.6 is 0 Å². The first-order chi connectivity index (χ1) is 9.22. The number of hydrogen-bond donors (Lipinski definition) is 0. The van der Waals surface area contributed by atoms with Gasteiger partial charge in [0.05, 0.1) is 13.2 Å². The maximum Gasteiger partial charge on any atom is 0.263 e. The molecule has 1 fully saturated rings. The molecule has 0 aliphatic carbocycles. The highest BCUT2D eigenvalue weighted by atomic mass is 16.7. The number of rotatable bonds is 4. The van der Waals surface area contributed by atoms with Crippen LogP contribution in [-0.2, 0) is 16.2 Å². The van der Waals surface area contributed by atoms with Crippen molar-refractivity contribution >= 4 is 5.91 Å². The van der Waals surface area contributed by atoms with E-state index in [0.29, 0.717) is 0 Å². The molecule has 19 heavy (non-hydrogen) atoms. The largest absolute Gasteiger partial charge is 0.288 e. The molecule has 0 saturated carbocycles. The maximum atomic E-state index is 12.3. The Kier molecular flexibility index (Phi) is 4.93. The van der Waals surface area contributed by atoms with Gasteiger partial charge in [-0.25, -0.2) is 5.06 Å². The van der Waals surface area contributed by atoms with Crippen LogP contribution in [0.5, 0.6) is 0 Å². The zero-order valence-corrected chi connectivity index (χ0v) is 11.7. The van der Waals surface area contributed by atoms with Gasteiger partial charge in [0, 0.05) is 13.6 Å². The number of hydrogen-bond acceptors (Lipinski definition) is 3. The number of benzene rings is 1. The number of likely N-dealkylation sites (tertiary alicyclic amines) is 1. The number of nitrogens with zero attached hydrogens (tertiary/aromatic N) is 2. The molecule has 0 aromatic heterocycles. The van der Waals surface area contributed by atoms with E-state index in [-0.39, 0.29) is 11.9 Å². The first-order valence-electron chi connectivity index (χ1n) is 6.82. The van der Waals surface area contributed by atoms with Gasteiger partial charge in [0.15, 0.2) is 0 Å². The topological polar surface area (TPSA) is 32.8 Å². The van der Waals surface area contributed by atoms with Crippen LogP contribution in [0.1, 0.15) is 24.8 Å². The smallest absolute Gasteiger partial charge is 0.263 e. The predicted octanol–water partition coefficient (Wildman–Crippen LogP) is 2.06. The molecule has 4 nitrogen and oxygen atoms in total. The molecule has 1 aromatic carbocycles. The molecular weight excluding hydrogens is 240 g/mol. The van der Waals surface area contributed by atoms with E-state index >= 15 is 0 Å². The third kappa shape index (κ3) is 3.55. The summed E-state index contributed by atoms with van der Waals surface area (Å²) in [6.45, 7) is 1.80. The number of hydroxylamine groups is 2. The summed E-state index contributed by atoms with van der Waals surface area (Å²) in [6, 6.07) is 10.3. The monoisotopic (exact) mass is 262 g/mol. The molecule has 4 heteroatoms. The van der Waals surface area contributed by atoms with Crippen LogP contribution in [-0.4, -0.2) is 42.6 Å². The van der Waals surface area contributed by atoms with Gasteiger partial charge in [-0.05, 0) is 24.9 Å². The van der Waals surface area contributed by atoms with E-state index in [0.717, 1.165) is 32.4 Å². The van der Waals surface area contributed by atoms with Gasteiger partial charge >= 0.3 is 0 Å². The van der Waals surface area contributed by atoms with Gasteiger partial charge in [-0.1, -0.05) is 36.8 Å². The predicted molar refractivity (Wildman–Crippen MR) is 74.3 cm³/mol. The molecule has 1 heterocycles. The average Bonchev–Trinajstić information content (AvgIpc) is 2.47. The first-order valence-corrected chi connectivity index (χ1v) is 6.82. The van der Waals surface area contributed by atoms with E-state index in [1.165, 1.54) is 17.7 Å². The van der Waals surface area contributed by atoms with Crippen molar-refractivity contribution in [1.29, 1.82) is 0 Å². The minimum Gasteiger partial charge on any atom is -0.288 e. The number of amides is 1. The quantitative estimate of drug-likeness (QED) is 0.779. The van der Waals surface area contributed by atoms with Crippen LogP contribution in [0.4, 0.5) is 0 Å². The summed E-state index contributed by atoms with van der Waals surface area (Å²) < 4.78 is 0. The molecule has 0 radical (unpaired) electrons. The number of carbonyl (C=O) groups is 1. The maximum absolute atomic E-state index is 12.3. The molecule has 1 amide bonds. The Morgan fingerprint density at radius 3 is 2.79 bits per heavy atom. The second-order valence-corrected chi connectivity index (χ2v) is 4.99. The first kappa shape index (κ1) is 14.0. The molecule has 1 aliphatic heterocycles. The molecule has 0 N–H and O–H groups in total. The molecule has 104 valence electrons. The van der Waals surface area contributed by atoms with Crippen LogP contribution in [0.25, 0.3) is 0 Å². The lowest BCUT2D eigenvalue weighted by Gasteiger charge is -2.36. The molecule has 1 aromatic rings. The van der Waals surface area contributed by atoms with E-state index in [1.54, 1.807) is 7.05 Å². The van der Waals surface area contributed by atoms with Crippen LogP contribution in [0, 0.1) is 0 Å². The minimum absolute atomic E-state index is 0.0538. The van der Waals surface area contributed by atoms with E-state index in [1.807, 2.05) is 18.2 Å². The number of piperidine rings is 1. The Hall–Kier alpha value is -1.39. The van der Waals surface area contributed by atoms with Gasteiger partial charge in [-0.2, -0.15) is 0 Å². The van der Waals surface area contributed by atoms with E-state index in [9.17, 15) is 4.79 Å². The van der Waals surface area contributed by atoms with Gasteiger partial charge in [-0.15, -0.1) is 0 Å². The highest BCUT2D eigenvalue weighted by Crippen LogP contribution is 2.21. The minimum atomic E-state index is -0.0566. The molecule has 1 saturated heterocycles. The SMILES string of the molecule is CON(C)C(=O)C1CCCCN1Cc1ccccc1. The summed E-state index contributed by atoms with van der Waals surface area (Å²) in [5.41, 5.74) is 1.25. The molecule has 0 bridgehead atoms. The summed E-state index contributed by atoms with van der Waals surface area (Å²) in [5.74, 6) is 0.0538. The second kappa shape index (κ2) is 6.68. The normalized spacial score (nSPS) is 20.2. The Balaban J connectivity index is 2.06. The summed E-state index contributed by atoms with van der Waals surface area (Å²) in [7, 11) is 3.21. The van der Waals surface area contributed by atoms with Crippen LogP contribution < -0.4 is 0 Å². The van der Waals surface area contributed by atoms with Crippen molar-refractivity contribution in [1.82, 2.24) is 9.96 Å². The molecular formula is C15H22N2O2. The van der Waals surface area contributed by atoms with Crippen molar-refractivity contribution in [2.45, 2.75) is 31.8 Å². The Labute approximate surface area is 114 Å². The fourth-order valence-corrected chi connectivity index (χ4v) is 2.58. The molecule has 1 aliphatic rings. The van der Waals surface area contributed by atoms with Crippen LogP contribution in [0.3, 0.4) is 0 Å². The van der Waals surface area contributed by atoms with Gasteiger partial charge in [0.2, 0.25) is 0 Å². The Bertz CT molecular complexity index is 408. The lowest BCUT2D eigenvalue weighted by atomic mass is 10.0. The molecule has 1 unspecified atom stereocenters. The van der Waals surface area contributed by atoms with E-state index in [4.69, 9.17) is 4.84 Å². The van der Waals surface area contributed by atoms with Crippen molar-refractivity contribution in [2.24, 2.45) is 0 Å². The van der Waals surface area contributed by atoms with Crippen molar-refractivity contribution < 1.29 is 9.63 Å². The molecule has 0 spiro atoms. The number of carbonyl (C=O) groups excluding carboxylic acids is 1. The standard InChI is InChI=1S/C15H22N2O2/c1-16(19-2)15(18)14-10-6-7-11-17(14)12-13-8-4-3-5-9-13/h3-5,8-9,14H,6-7,10-12H2,1-2H3. The molecule has 1 atom stereocenters. The van der Waals surface area contributed by atoms with Gasteiger partial charge < -0.3 is 0 Å². The zero-order valence-electron chi connectivity index (χ0n) is 11.7. The van der Waals surface area contributed by atoms with E-state index < -0.39 is 0 Å². The van der Waals surface area contributed by atoms with Crippen molar-refractivity contribution in [2.75, 3.05) is 20.7 Å². The Morgan fingerprint density at radius 2 is 2.11 bits per heavy atom. The summed E-state index contributed by atoms with van der Waals surface area (Å²) in [4.78, 5) is 19.6. The highest BCUT2D eigenvalue weighted by Gasteiger charge is 2.30. The van der Waals surface area contributed by atoms with E-state index in [2.05, 4.69) is 17.0 Å². The third-order valence-corrected chi connectivity index (χ3v) is 3.71. The van der Waals surface area contributed by atoms with Gasteiger partial charge in [-0.3, -0.25) is 14.5 Å². The van der Waals surface area contributed by atoms with Gasteiger partial charge in [0.1, 0.15) is 0 Å². The summed E-state index contributed by atoms with van der Waals surface area (Å²) in [5, 5.41) is 1.34. The third-order valence-electron chi connectivity index (χ3n) is 3.71.